The van der Waals surface area contributed by atoms with E-state index < -0.39 is 5.60 Å². The van der Waals surface area contributed by atoms with Gasteiger partial charge in [0, 0.05) is 12.2 Å². The number of aliphatic hydroxyl groups is 1. The van der Waals surface area contributed by atoms with Crippen LogP contribution in [0.5, 0.6) is 0 Å². The summed E-state index contributed by atoms with van der Waals surface area (Å²) in [5.74, 6) is 1.97. The number of benzene rings is 1. The van der Waals surface area contributed by atoms with Gasteiger partial charge in [-0.1, -0.05) is 18.2 Å². The van der Waals surface area contributed by atoms with E-state index in [0.29, 0.717) is 12.2 Å². The van der Waals surface area contributed by atoms with Gasteiger partial charge in [-0.2, -0.15) is 11.8 Å². The van der Waals surface area contributed by atoms with Crippen molar-refractivity contribution in [2.24, 2.45) is 5.92 Å². The number of halogens is 1. The maximum Gasteiger partial charge on any atom is 0.129 e. The molecule has 2 nitrogen and oxygen atoms in total. The average Bonchev–Trinajstić information content (AvgIpc) is 2.48. The van der Waals surface area contributed by atoms with Crippen LogP contribution in [0.1, 0.15) is 38.2 Å². The molecule has 1 spiro atoms. The second kappa shape index (κ2) is 5.90. The maximum atomic E-state index is 14.1. The molecule has 0 radical (unpaired) electrons. The van der Waals surface area contributed by atoms with Crippen molar-refractivity contribution in [2.75, 3.05) is 18.1 Å². The van der Waals surface area contributed by atoms with Crippen molar-refractivity contribution in [3.8, 4) is 0 Å². The van der Waals surface area contributed by atoms with Gasteiger partial charge in [0.15, 0.2) is 0 Å². The van der Waals surface area contributed by atoms with Gasteiger partial charge in [0.25, 0.3) is 0 Å². The van der Waals surface area contributed by atoms with E-state index in [4.69, 9.17) is 4.74 Å². The van der Waals surface area contributed by atoms with E-state index in [2.05, 4.69) is 0 Å². The minimum atomic E-state index is -1.13. The van der Waals surface area contributed by atoms with Gasteiger partial charge in [0.1, 0.15) is 5.82 Å². The number of hydrogen-bond acceptors (Lipinski definition) is 3. The molecule has 2 aliphatic heterocycles. The number of hydrogen-bond donors (Lipinski definition) is 1. The van der Waals surface area contributed by atoms with E-state index in [1.807, 2.05) is 11.8 Å². The highest BCUT2D eigenvalue weighted by atomic mass is 32.2. The molecular weight excluding hydrogens is 287 g/mol. The normalized spacial score (nSPS) is 28.2. The summed E-state index contributed by atoms with van der Waals surface area (Å²) in [5, 5.41) is 11.0. The molecule has 0 amide bonds. The van der Waals surface area contributed by atoms with Crippen molar-refractivity contribution in [1.82, 2.24) is 0 Å². The Kier molecular flexibility index (Phi) is 4.30. The van der Waals surface area contributed by atoms with Crippen LogP contribution in [0.4, 0.5) is 4.39 Å². The third kappa shape index (κ3) is 2.99. The highest BCUT2D eigenvalue weighted by Gasteiger charge is 2.45. The SMILES string of the molecule is CC(O)(c1ccccc1F)C1CCOC2(CCSCC2)C1. The first-order valence-corrected chi connectivity index (χ1v) is 8.88. The molecule has 2 atom stereocenters. The molecule has 1 aromatic rings. The third-order valence-corrected chi connectivity index (χ3v) is 6.10. The Morgan fingerprint density at radius 1 is 1.33 bits per heavy atom. The zero-order valence-electron chi connectivity index (χ0n) is 12.5. The minimum absolute atomic E-state index is 0.0475. The van der Waals surface area contributed by atoms with Crippen LogP contribution in [0.2, 0.25) is 0 Å². The van der Waals surface area contributed by atoms with Gasteiger partial charge in [-0.25, -0.2) is 4.39 Å². The molecule has 0 saturated carbocycles. The van der Waals surface area contributed by atoms with Crippen LogP contribution in [-0.2, 0) is 10.3 Å². The topological polar surface area (TPSA) is 29.5 Å². The molecule has 0 bridgehead atoms. The zero-order valence-corrected chi connectivity index (χ0v) is 13.3. The van der Waals surface area contributed by atoms with Gasteiger partial charge in [0.05, 0.1) is 11.2 Å². The molecule has 116 valence electrons. The highest BCUT2D eigenvalue weighted by molar-refractivity contribution is 7.99. The van der Waals surface area contributed by atoms with Crippen LogP contribution in [-0.4, -0.2) is 28.8 Å². The molecule has 0 aromatic heterocycles. The Labute approximate surface area is 130 Å². The second-order valence-corrected chi connectivity index (χ2v) is 7.69. The van der Waals surface area contributed by atoms with Crippen LogP contribution in [0.25, 0.3) is 0 Å². The fraction of sp³-hybridized carbons (Fsp3) is 0.647. The van der Waals surface area contributed by atoms with E-state index in [1.165, 1.54) is 6.07 Å². The number of ether oxygens (including phenoxy) is 1. The Morgan fingerprint density at radius 2 is 2.05 bits per heavy atom. The van der Waals surface area contributed by atoms with Crippen LogP contribution < -0.4 is 0 Å². The summed E-state index contributed by atoms with van der Waals surface area (Å²) in [6.45, 7) is 2.42. The van der Waals surface area contributed by atoms with Crippen LogP contribution in [0.15, 0.2) is 24.3 Å². The first-order chi connectivity index (χ1) is 10.0. The van der Waals surface area contributed by atoms with Crippen LogP contribution in [0, 0.1) is 11.7 Å². The van der Waals surface area contributed by atoms with E-state index in [1.54, 1.807) is 25.1 Å². The van der Waals surface area contributed by atoms with Crippen molar-refractivity contribution >= 4 is 11.8 Å². The predicted octanol–water partition coefficient (Wildman–Crippen LogP) is 3.73. The first kappa shape index (κ1) is 15.3. The molecular formula is C17H23FO2S. The smallest absolute Gasteiger partial charge is 0.129 e. The minimum Gasteiger partial charge on any atom is -0.385 e. The standard InChI is InChI=1S/C17H23FO2S/c1-16(19,14-4-2-3-5-15(14)18)13-6-9-20-17(12-13)7-10-21-11-8-17/h2-5,13,19H,6-12H2,1H3. The molecule has 1 N–H and O–H groups in total. The largest absolute Gasteiger partial charge is 0.385 e. The van der Waals surface area contributed by atoms with E-state index in [0.717, 1.165) is 37.2 Å². The Bertz CT molecular complexity index is 492. The first-order valence-electron chi connectivity index (χ1n) is 7.73. The molecule has 2 aliphatic rings. The summed E-state index contributed by atoms with van der Waals surface area (Å²) in [7, 11) is 0. The molecule has 4 heteroatoms. The number of thioether (sulfide) groups is 1. The van der Waals surface area contributed by atoms with Gasteiger partial charge < -0.3 is 9.84 Å². The number of rotatable bonds is 2. The van der Waals surface area contributed by atoms with Crippen molar-refractivity contribution in [3.05, 3.63) is 35.6 Å². The summed E-state index contributed by atoms with van der Waals surface area (Å²) in [4.78, 5) is 0. The molecule has 1 aromatic carbocycles. The Balaban J connectivity index is 1.83. The van der Waals surface area contributed by atoms with Crippen molar-refractivity contribution in [1.29, 1.82) is 0 Å². The predicted molar refractivity (Wildman–Crippen MR) is 83.9 cm³/mol. The van der Waals surface area contributed by atoms with E-state index >= 15 is 0 Å². The molecule has 2 saturated heterocycles. The van der Waals surface area contributed by atoms with Gasteiger partial charge in [-0.15, -0.1) is 0 Å². The van der Waals surface area contributed by atoms with Crippen molar-refractivity contribution in [2.45, 2.75) is 43.8 Å². The summed E-state index contributed by atoms with van der Waals surface area (Å²) < 4.78 is 20.2. The van der Waals surface area contributed by atoms with Gasteiger partial charge >= 0.3 is 0 Å². The third-order valence-electron chi connectivity index (χ3n) is 5.11. The Morgan fingerprint density at radius 3 is 2.76 bits per heavy atom. The van der Waals surface area contributed by atoms with Gasteiger partial charge in [-0.05, 0) is 56.1 Å². The van der Waals surface area contributed by atoms with Crippen LogP contribution in [0.3, 0.4) is 0 Å². The molecule has 21 heavy (non-hydrogen) atoms. The molecule has 0 aliphatic carbocycles. The molecule has 2 unspecified atom stereocenters. The lowest BCUT2D eigenvalue weighted by Gasteiger charge is -2.47. The maximum absolute atomic E-state index is 14.1. The monoisotopic (exact) mass is 310 g/mol. The van der Waals surface area contributed by atoms with Gasteiger partial charge in [0.2, 0.25) is 0 Å². The lowest BCUT2D eigenvalue weighted by molar-refractivity contribution is -0.145. The summed E-state index contributed by atoms with van der Waals surface area (Å²) >= 11 is 1.97. The van der Waals surface area contributed by atoms with E-state index in [-0.39, 0.29) is 17.3 Å². The lowest BCUT2D eigenvalue weighted by Crippen LogP contribution is -2.48. The van der Waals surface area contributed by atoms with Crippen LogP contribution >= 0.6 is 11.8 Å². The second-order valence-electron chi connectivity index (χ2n) is 6.46. The fourth-order valence-corrected chi connectivity index (χ4v) is 4.93. The van der Waals surface area contributed by atoms with Crippen molar-refractivity contribution in [3.63, 3.8) is 0 Å². The average molecular weight is 310 g/mol. The quantitative estimate of drug-likeness (QED) is 0.902. The highest BCUT2D eigenvalue weighted by Crippen LogP contribution is 2.46. The summed E-state index contributed by atoms with van der Waals surface area (Å²) in [5.41, 5.74) is -0.812. The Hall–Kier alpha value is -0.580. The lowest BCUT2D eigenvalue weighted by atomic mass is 9.72. The molecule has 2 fully saturated rings. The van der Waals surface area contributed by atoms with Gasteiger partial charge in [-0.3, -0.25) is 0 Å². The van der Waals surface area contributed by atoms with E-state index in [9.17, 15) is 9.50 Å². The summed E-state index contributed by atoms with van der Waals surface area (Å²) in [6, 6.07) is 6.59. The van der Waals surface area contributed by atoms with Crippen molar-refractivity contribution < 1.29 is 14.2 Å². The summed E-state index contributed by atoms with van der Waals surface area (Å²) in [6.07, 6.45) is 3.70. The zero-order chi connectivity index (χ0) is 14.9. The molecule has 2 heterocycles. The molecule has 3 rings (SSSR count). The fourth-order valence-electron chi connectivity index (χ4n) is 3.69.